The van der Waals surface area contributed by atoms with Gasteiger partial charge in [0.15, 0.2) is 17.3 Å². The number of carbonyl (C=O) groups is 1. The van der Waals surface area contributed by atoms with Crippen LogP contribution in [-0.4, -0.2) is 25.8 Å². The first-order chi connectivity index (χ1) is 10.6. The maximum absolute atomic E-state index is 13.1. The van der Waals surface area contributed by atoms with Crippen molar-refractivity contribution in [3.63, 3.8) is 0 Å². The third kappa shape index (κ3) is 2.69. The van der Waals surface area contributed by atoms with Crippen LogP contribution in [-0.2, 0) is 0 Å². The number of pyridine rings is 1. The van der Waals surface area contributed by atoms with Crippen LogP contribution in [0.2, 0.25) is 0 Å². The van der Waals surface area contributed by atoms with E-state index >= 15 is 0 Å². The molecule has 110 valence electrons. The highest BCUT2D eigenvalue weighted by molar-refractivity contribution is 5.97. The minimum Gasteiger partial charge on any atom is -0.337 e. The second-order valence-corrected chi connectivity index (χ2v) is 4.60. The molecule has 7 heteroatoms. The van der Waals surface area contributed by atoms with Crippen LogP contribution in [0.15, 0.2) is 48.8 Å². The summed E-state index contributed by atoms with van der Waals surface area (Å²) in [6, 6.07) is 9.32. The Labute approximate surface area is 125 Å². The van der Waals surface area contributed by atoms with Crippen LogP contribution < -0.4 is 5.32 Å². The highest BCUT2D eigenvalue weighted by Crippen LogP contribution is 2.22. The van der Waals surface area contributed by atoms with Gasteiger partial charge in [-0.05, 0) is 36.4 Å². The Hall–Kier alpha value is -3.09. The standard InChI is InChI=1S/C15H12FN5O/c1-10(22)14-15(18-12-3-2-8-17-9-12)21(20-19-14)13-6-4-11(16)5-7-13/h2-9,18H,1H3. The molecule has 22 heavy (non-hydrogen) atoms. The van der Waals surface area contributed by atoms with Gasteiger partial charge in [-0.15, -0.1) is 5.10 Å². The van der Waals surface area contributed by atoms with Crippen LogP contribution in [0.3, 0.4) is 0 Å². The van der Waals surface area contributed by atoms with Crippen LogP contribution >= 0.6 is 0 Å². The average molecular weight is 297 g/mol. The summed E-state index contributed by atoms with van der Waals surface area (Å²) in [7, 11) is 0. The molecule has 2 aromatic heterocycles. The summed E-state index contributed by atoms with van der Waals surface area (Å²) >= 11 is 0. The number of carbonyl (C=O) groups excluding carboxylic acids is 1. The molecule has 1 aromatic carbocycles. The number of nitrogens with one attached hydrogen (secondary N) is 1. The number of hydrogen-bond acceptors (Lipinski definition) is 5. The van der Waals surface area contributed by atoms with Gasteiger partial charge in [0.1, 0.15) is 5.82 Å². The molecule has 6 nitrogen and oxygen atoms in total. The third-order valence-corrected chi connectivity index (χ3v) is 3.00. The molecular formula is C15H12FN5O. The highest BCUT2D eigenvalue weighted by Gasteiger charge is 2.18. The van der Waals surface area contributed by atoms with Crippen molar-refractivity contribution >= 4 is 17.3 Å². The Kier molecular flexibility index (Phi) is 3.61. The molecule has 0 bridgehead atoms. The number of anilines is 2. The van der Waals surface area contributed by atoms with E-state index < -0.39 is 0 Å². The molecule has 0 spiro atoms. The smallest absolute Gasteiger partial charge is 0.183 e. The lowest BCUT2D eigenvalue weighted by Gasteiger charge is -2.09. The molecule has 0 amide bonds. The maximum atomic E-state index is 13.1. The Morgan fingerprint density at radius 2 is 2.00 bits per heavy atom. The van der Waals surface area contributed by atoms with Gasteiger partial charge in [-0.2, -0.15) is 4.68 Å². The first-order valence-corrected chi connectivity index (χ1v) is 6.55. The molecule has 0 atom stereocenters. The van der Waals surface area contributed by atoms with Gasteiger partial charge in [0.25, 0.3) is 0 Å². The van der Waals surface area contributed by atoms with Crippen molar-refractivity contribution in [1.82, 2.24) is 20.0 Å². The van der Waals surface area contributed by atoms with Gasteiger partial charge in [-0.1, -0.05) is 5.21 Å². The summed E-state index contributed by atoms with van der Waals surface area (Å²) in [6.07, 6.45) is 3.26. The fraction of sp³-hybridized carbons (Fsp3) is 0.0667. The van der Waals surface area contributed by atoms with Gasteiger partial charge >= 0.3 is 0 Å². The maximum Gasteiger partial charge on any atom is 0.183 e. The molecule has 0 aliphatic rings. The van der Waals surface area contributed by atoms with Gasteiger partial charge in [0, 0.05) is 13.1 Å². The topological polar surface area (TPSA) is 72.7 Å². The second-order valence-electron chi connectivity index (χ2n) is 4.60. The molecule has 3 aromatic rings. The summed E-state index contributed by atoms with van der Waals surface area (Å²) in [5, 5.41) is 10.9. The second kappa shape index (κ2) is 5.72. The number of ketones is 1. The first kappa shape index (κ1) is 13.9. The lowest BCUT2D eigenvalue weighted by molar-refractivity contribution is 0.101. The van der Waals surface area contributed by atoms with Gasteiger partial charge in [0.05, 0.1) is 17.6 Å². The van der Waals surface area contributed by atoms with Crippen LogP contribution in [0.1, 0.15) is 17.4 Å². The van der Waals surface area contributed by atoms with Gasteiger partial charge in [0.2, 0.25) is 0 Å². The Morgan fingerprint density at radius 1 is 1.23 bits per heavy atom. The van der Waals surface area contributed by atoms with Gasteiger partial charge < -0.3 is 5.32 Å². The first-order valence-electron chi connectivity index (χ1n) is 6.55. The Morgan fingerprint density at radius 3 is 2.64 bits per heavy atom. The molecule has 0 aliphatic carbocycles. The normalized spacial score (nSPS) is 10.5. The quantitative estimate of drug-likeness (QED) is 0.750. The fourth-order valence-corrected chi connectivity index (χ4v) is 1.97. The molecule has 0 saturated carbocycles. The van der Waals surface area contributed by atoms with Crippen molar-refractivity contribution in [2.75, 3.05) is 5.32 Å². The van der Waals surface area contributed by atoms with Crippen molar-refractivity contribution in [2.45, 2.75) is 6.92 Å². The van der Waals surface area contributed by atoms with E-state index in [9.17, 15) is 9.18 Å². The predicted octanol–water partition coefficient (Wildman–Crippen LogP) is 2.75. The SMILES string of the molecule is CC(=O)c1nnn(-c2ccc(F)cc2)c1Nc1cccnc1. The molecule has 0 saturated heterocycles. The molecule has 1 N–H and O–H groups in total. The van der Waals surface area contributed by atoms with E-state index in [4.69, 9.17) is 0 Å². The minimum atomic E-state index is -0.350. The zero-order chi connectivity index (χ0) is 15.5. The van der Waals surface area contributed by atoms with Crippen LogP contribution in [0, 0.1) is 5.82 Å². The number of rotatable bonds is 4. The summed E-state index contributed by atoms with van der Waals surface area (Å²) in [6.45, 7) is 1.41. The largest absolute Gasteiger partial charge is 0.337 e. The van der Waals surface area contributed by atoms with Crippen LogP contribution in [0.25, 0.3) is 5.69 Å². The van der Waals surface area contributed by atoms with Crippen molar-refractivity contribution in [3.8, 4) is 5.69 Å². The van der Waals surface area contributed by atoms with E-state index in [-0.39, 0.29) is 17.3 Å². The van der Waals surface area contributed by atoms with E-state index in [0.717, 1.165) is 0 Å². The fourth-order valence-electron chi connectivity index (χ4n) is 1.97. The zero-order valence-corrected chi connectivity index (χ0v) is 11.7. The molecular weight excluding hydrogens is 285 g/mol. The summed E-state index contributed by atoms with van der Waals surface area (Å²) in [4.78, 5) is 15.7. The number of aromatic nitrogens is 4. The van der Waals surface area contributed by atoms with E-state index in [1.54, 1.807) is 36.7 Å². The summed E-state index contributed by atoms with van der Waals surface area (Å²) in [5.41, 5.74) is 1.48. The zero-order valence-electron chi connectivity index (χ0n) is 11.7. The van der Waals surface area contributed by atoms with Crippen molar-refractivity contribution in [1.29, 1.82) is 0 Å². The predicted molar refractivity (Wildman–Crippen MR) is 78.8 cm³/mol. The molecule has 3 rings (SSSR count). The van der Waals surface area contributed by atoms with Crippen molar-refractivity contribution < 1.29 is 9.18 Å². The molecule has 0 radical (unpaired) electrons. The number of Topliss-reactive ketones (excluding diaryl/α,β-unsaturated/α-hetero) is 1. The van der Waals surface area contributed by atoms with Crippen LogP contribution in [0.5, 0.6) is 0 Å². The molecule has 0 aliphatic heterocycles. The Balaban J connectivity index is 2.07. The minimum absolute atomic E-state index is 0.202. The van der Waals surface area contributed by atoms with Crippen LogP contribution in [0.4, 0.5) is 15.9 Å². The van der Waals surface area contributed by atoms with Gasteiger partial charge in [-0.25, -0.2) is 4.39 Å². The van der Waals surface area contributed by atoms with E-state index in [1.165, 1.54) is 23.7 Å². The van der Waals surface area contributed by atoms with Crippen molar-refractivity contribution in [2.24, 2.45) is 0 Å². The number of benzene rings is 1. The number of nitrogens with zero attached hydrogens (tertiary/aromatic N) is 4. The van der Waals surface area contributed by atoms with Gasteiger partial charge in [-0.3, -0.25) is 9.78 Å². The Bertz CT molecular complexity index is 799. The lowest BCUT2D eigenvalue weighted by atomic mass is 10.2. The van der Waals surface area contributed by atoms with E-state index in [2.05, 4.69) is 20.6 Å². The monoisotopic (exact) mass is 297 g/mol. The average Bonchev–Trinajstić information content (AvgIpc) is 2.93. The molecule has 2 heterocycles. The molecule has 0 unspecified atom stereocenters. The summed E-state index contributed by atoms with van der Waals surface area (Å²) < 4.78 is 14.5. The lowest BCUT2D eigenvalue weighted by Crippen LogP contribution is -2.05. The highest BCUT2D eigenvalue weighted by atomic mass is 19.1. The molecule has 0 fully saturated rings. The van der Waals surface area contributed by atoms with E-state index in [0.29, 0.717) is 17.2 Å². The van der Waals surface area contributed by atoms with E-state index in [1.807, 2.05) is 0 Å². The number of halogens is 1. The van der Waals surface area contributed by atoms with Crippen molar-refractivity contribution in [3.05, 3.63) is 60.3 Å². The third-order valence-electron chi connectivity index (χ3n) is 3.00. The number of hydrogen-bond donors (Lipinski definition) is 1. The summed E-state index contributed by atoms with van der Waals surface area (Å²) in [5.74, 6) is -0.163.